The molecule has 0 radical (unpaired) electrons. The summed E-state index contributed by atoms with van der Waals surface area (Å²) in [6.45, 7) is 1.72. The number of hydrogen-bond donors (Lipinski definition) is 0. The minimum Gasteiger partial charge on any atom is -0.298 e. The van der Waals surface area contributed by atoms with Crippen molar-refractivity contribution >= 4 is 5.78 Å². The van der Waals surface area contributed by atoms with Gasteiger partial charge < -0.3 is 0 Å². The normalized spacial score (nSPS) is 43.3. The number of ketones is 1. The first-order chi connectivity index (χ1) is 5.20. The number of Topliss-reactive ketones (excluding diaryl/α,β-unsaturated/α-hetero) is 1. The van der Waals surface area contributed by atoms with Crippen molar-refractivity contribution in [3.63, 3.8) is 0 Å². The van der Waals surface area contributed by atoms with Gasteiger partial charge in [-0.15, -0.1) is 0 Å². The van der Waals surface area contributed by atoms with Crippen LogP contribution in [0.5, 0.6) is 0 Å². The van der Waals surface area contributed by atoms with Gasteiger partial charge in [-0.25, -0.2) is 0 Å². The van der Waals surface area contributed by atoms with Crippen molar-refractivity contribution in [1.82, 2.24) is 4.90 Å². The Balaban J connectivity index is 2.17. The Morgan fingerprint density at radius 1 is 1.45 bits per heavy atom. The average Bonchev–Trinajstić information content (AvgIpc) is 2.44. The zero-order valence-electron chi connectivity index (χ0n) is 7.21. The molecule has 11 heavy (non-hydrogen) atoms. The first-order valence-electron chi connectivity index (χ1n) is 4.42. The summed E-state index contributed by atoms with van der Waals surface area (Å²) < 4.78 is 0. The molecular formula is C9H15NO. The van der Waals surface area contributed by atoms with Gasteiger partial charge in [-0.1, -0.05) is 0 Å². The molecule has 2 nitrogen and oxygen atoms in total. The molecule has 1 unspecified atom stereocenters. The van der Waals surface area contributed by atoms with Crippen molar-refractivity contribution in [2.24, 2.45) is 5.92 Å². The van der Waals surface area contributed by atoms with Gasteiger partial charge in [0.05, 0.1) is 6.04 Å². The molecule has 3 atom stereocenters. The minimum absolute atomic E-state index is 0.258. The lowest BCUT2D eigenvalue weighted by Gasteiger charge is -2.29. The molecule has 1 aliphatic heterocycles. The molecule has 1 heterocycles. The highest BCUT2D eigenvalue weighted by atomic mass is 16.1. The fourth-order valence-corrected chi connectivity index (χ4v) is 2.83. The summed E-state index contributed by atoms with van der Waals surface area (Å²) >= 11 is 0. The number of carbonyl (C=O) groups is 1. The highest BCUT2D eigenvalue weighted by Gasteiger charge is 2.45. The molecule has 2 bridgehead atoms. The van der Waals surface area contributed by atoms with Gasteiger partial charge in [-0.2, -0.15) is 0 Å². The maximum absolute atomic E-state index is 11.2. The van der Waals surface area contributed by atoms with E-state index in [0.717, 1.165) is 0 Å². The van der Waals surface area contributed by atoms with E-state index in [-0.39, 0.29) is 6.04 Å². The molecule has 0 N–H and O–H groups in total. The van der Waals surface area contributed by atoms with E-state index < -0.39 is 0 Å². The van der Waals surface area contributed by atoms with Crippen molar-refractivity contribution < 1.29 is 4.79 Å². The van der Waals surface area contributed by atoms with E-state index in [0.29, 0.717) is 17.7 Å². The van der Waals surface area contributed by atoms with Gasteiger partial charge in [0.15, 0.2) is 0 Å². The van der Waals surface area contributed by atoms with E-state index in [1.54, 1.807) is 6.92 Å². The van der Waals surface area contributed by atoms with Crippen molar-refractivity contribution in [1.29, 1.82) is 0 Å². The SMILES string of the molecule is CC(=O)[C@@H]1[C@H]2CCC(C2)N1C. The summed E-state index contributed by atoms with van der Waals surface area (Å²) in [4.78, 5) is 13.5. The third-order valence-corrected chi connectivity index (χ3v) is 3.32. The van der Waals surface area contributed by atoms with Crippen LogP contribution in [0.2, 0.25) is 0 Å². The van der Waals surface area contributed by atoms with Crippen LogP contribution in [0.25, 0.3) is 0 Å². The van der Waals surface area contributed by atoms with Gasteiger partial charge >= 0.3 is 0 Å². The molecule has 62 valence electrons. The Morgan fingerprint density at radius 2 is 2.18 bits per heavy atom. The fraction of sp³-hybridized carbons (Fsp3) is 0.889. The van der Waals surface area contributed by atoms with E-state index in [1.165, 1.54) is 19.3 Å². The van der Waals surface area contributed by atoms with Crippen LogP contribution in [0.4, 0.5) is 0 Å². The minimum atomic E-state index is 0.258. The zero-order valence-corrected chi connectivity index (χ0v) is 7.21. The Morgan fingerprint density at radius 3 is 2.55 bits per heavy atom. The van der Waals surface area contributed by atoms with E-state index in [4.69, 9.17) is 0 Å². The zero-order chi connectivity index (χ0) is 8.01. The summed E-state index contributed by atoms with van der Waals surface area (Å²) in [6.07, 6.45) is 3.85. The molecule has 0 aromatic heterocycles. The molecule has 2 heteroatoms. The van der Waals surface area contributed by atoms with E-state index >= 15 is 0 Å². The fourth-order valence-electron chi connectivity index (χ4n) is 2.83. The molecular weight excluding hydrogens is 138 g/mol. The number of fused-ring (bicyclic) bond motifs is 2. The van der Waals surface area contributed by atoms with E-state index in [1.807, 2.05) is 0 Å². The van der Waals surface area contributed by atoms with Gasteiger partial charge in [0.25, 0.3) is 0 Å². The van der Waals surface area contributed by atoms with Gasteiger partial charge in [-0.05, 0) is 39.2 Å². The molecule has 0 spiro atoms. The van der Waals surface area contributed by atoms with Crippen LogP contribution in [0.1, 0.15) is 26.2 Å². The molecule has 2 fully saturated rings. The molecule has 0 aromatic rings. The second-order valence-corrected chi connectivity index (χ2v) is 3.95. The summed E-state index contributed by atoms with van der Waals surface area (Å²) in [5.74, 6) is 1.04. The Bertz CT molecular complexity index is 188. The largest absolute Gasteiger partial charge is 0.298 e. The second-order valence-electron chi connectivity index (χ2n) is 3.95. The van der Waals surface area contributed by atoms with Gasteiger partial charge in [0.2, 0.25) is 0 Å². The van der Waals surface area contributed by atoms with Crippen molar-refractivity contribution in [2.75, 3.05) is 7.05 Å². The lowest BCUT2D eigenvalue weighted by molar-refractivity contribution is -0.123. The van der Waals surface area contributed by atoms with Crippen LogP contribution in [0.15, 0.2) is 0 Å². The van der Waals surface area contributed by atoms with Crippen molar-refractivity contribution in [2.45, 2.75) is 38.3 Å². The Kier molecular flexibility index (Phi) is 1.53. The number of rotatable bonds is 1. The molecule has 1 aliphatic carbocycles. The molecule has 2 rings (SSSR count). The first kappa shape index (κ1) is 7.29. The summed E-state index contributed by atoms with van der Waals surface area (Å²) in [6, 6.07) is 0.975. The molecule has 1 saturated heterocycles. The highest BCUT2D eigenvalue weighted by molar-refractivity contribution is 5.82. The van der Waals surface area contributed by atoms with Gasteiger partial charge in [-0.3, -0.25) is 9.69 Å². The van der Waals surface area contributed by atoms with Crippen LogP contribution in [0, 0.1) is 5.92 Å². The van der Waals surface area contributed by atoms with Crippen LogP contribution in [-0.2, 0) is 4.79 Å². The topological polar surface area (TPSA) is 20.3 Å². The van der Waals surface area contributed by atoms with Crippen molar-refractivity contribution in [3.8, 4) is 0 Å². The van der Waals surface area contributed by atoms with Crippen LogP contribution in [-0.4, -0.2) is 29.8 Å². The van der Waals surface area contributed by atoms with Gasteiger partial charge in [0.1, 0.15) is 5.78 Å². The second kappa shape index (κ2) is 2.31. The number of likely N-dealkylation sites (N-methyl/N-ethyl adjacent to an activating group) is 1. The smallest absolute Gasteiger partial charge is 0.147 e. The molecule has 1 saturated carbocycles. The maximum Gasteiger partial charge on any atom is 0.147 e. The molecule has 0 amide bonds. The maximum atomic E-state index is 11.2. The third kappa shape index (κ3) is 0.924. The number of hydrogen-bond acceptors (Lipinski definition) is 2. The van der Waals surface area contributed by atoms with E-state index in [9.17, 15) is 4.79 Å². The Labute approximate surface area is 67.6 Å². The average molecular weight is 153 g/mol. The lowest BCUT2D eigenvalue weighted by atomic mass is 9.96. The van der Waals surface area contributed by atoms with Gasteiger partial charge in [0, 0.05) is 6.04 Å². The summed E-state index contributed by atoms with van der Waals surface area (Å²) in [5, 5.41) is 0. The third-order valence-electron chi connectivity index (χ3n) is 3.32. The van der Waals surface area contributed by atoms with Crippen LogP contribution in [0.3, 0.4) is 0 Å². The lowest BCUT2D eigenvalue weighted by Crippen LogP contribution is -2.41. The number of likely N-dealkylation sites (tertiary alicyclic amines) is 1. The molecule has 2 aliphatic rings. The number of carbonyl (C=O) groups excluding carboxylic acids is 1. The predicted molar refractivity (Wildman–Crippen MR) is 43.4 cm³/mol. The van der Waals surface area contributed by atoms with E-state index in [2.05, 4.69) is 11.9 Å². The van der Waals surface area contributed by atoms with Crippen LogP contribution < -0.4 is 0 Å². The highest BCUT2D eigenvalue weighted by Crippen LogP contribution is 2.41. The van der Waals surface area contributed by atoms with Crippen LogP contribution >= 0.6 is 0 Å². The standard InChI is InChI=1S/C9H15NO/c1-6(11)9-7-3-4-8(5-7)10(9)2/h7-9H,3-5H2,1-2H3/t7-,8?,9+/m0/s1. The monoisotopic (exact) mass is 153 g/mol. The quantitative estimate of drug-likeness (QED) is 0.561. The number of nitrogens with zero attached hydrogens (tertiary/aromatic N) is 1. The predicted octanol–water partition coefficient (Wildman–Crippen LogP) is 1.06. The Hall–Kier alpha value is -0.370. The first-order valence-corrected chi connectivity index (χ1v) is 4.42. The van der Waals surface area contributed by atoms with Crippen molar-refractivity contribution in [3.05, 3.63) is 0 Å². The number of piperidine rings is 1. The summed E-state index contributed by atoms with van der Waals surface area (Å²) in [7, 11) is 2.09. The summed E-state index contributed by atoms with van der Waals surface area (Å²) in [5.41, 5.74) is 0. The molecule has 0 aromatic carbocycles.